The van der Waals surface area contributed by atoms with Crippen molar-refractivity contribution in [2.45, 2.75) is 44.4 Å². The fraction of sp³-hybridized carbons (Fsp3) is 0.524. The van der Waals surface area contributed by atoms with E-state index in [1.54, 1.807) is 37.6 Å². The van der Waals surface area contributed by atoms with Gasteiger partial charge in [0, 0.05) is 37.2 Å². The van der Waals surface area contributed by atoms with Crippen LogP contribution in [0.15, 0.2) is 36.7 Å². The van der Waals surface area contributed by atoms with E-state index < -0.39 is 21.7 Å². The number of amides is 1. The normalized spacial score (nSPS) is 20.9. The summed E-state index contributed by atoms with van der Waals surface area (Å²) in [5.74, 6) is 1.29. The minimum absolute atomic E-state index is 0.140. The van der Waals surface area contributed by atoms with Crippen molar-refractivity contribution < 1.29 is 22.7 Å². The summed E-state index contributed by atoms with van der Waals surface area (Å²) in [5, 5.41) is 2.90. The van der Waals surface area contributed by atoms with Gasteiger partial charge in [0.25, 0.3) is 5.91 Å². The Hall–Kier alpha value is -2.43. The number of ether oxygens (including phenoxy) is 2. The number of aromatic nitrogens is 2. The van der Waals surface area contributed by atoms with Crippen LogP contribution in [0.2, 0.25) is 0 Å². The highest BCUT2D eigenvalue weighted by atomic mass is 32.2. The standard InChI is InChI=1S/C21H28N4O5S/c1-3-13-31(27,28)25-10-7-21(8-11-25)20-22-9-12-24(20)15-18(30-21)19(26)23-16-5-4-6-17(14-16)29-2/h4-6,9,12,14,18H,3,7-8,10-11,13,15H2,1-2H3,(H,23,26). The van der Waals surface area contributed by atoms with Crippen molar-refractivity contribution in [3.8, 4) is 5.75 Å². The van der Waals surface area contributed by atoms with E-state index in [0.717, 1.165) is 5.82 Å². The summed E-state index contributed by atoms with van der Waals surface area (Å²) in [7, 11) is -1.70. The topological polar surface area (TPSA) is 103 Å². The molecule has 1 fully saturated rings. The van der Waals surface area contributed by atoms with Gasteiger partial charge in [0.2, 0.25) is 10.0 Å². The SMILES string of the molecule is CCCS(=O)(=O)N1CCC2(CC1)OC(C(=O)Nc1cccc(OC)c1)Cn1ccnc12. The van der Waals surface area contributed by atoms with Gasteiger partial charge in [-0.25, -0.2) is 17.7 Å². The molecule has 1 aromatic carbocycles. The second-order valence-electron chi connectivity index (χ2n) is 7.94. The second-order valence-corrected chi connectivity index (χ2v) is 10.0. The maximum Gasteiger partial charge on any atom is 0.255 e. The van der Waals surface area contributed by atoms with E-state index in [4.69, 9.17) is 9.47 Å². The maximum absolute atomic E-state index is 13.0. The number of carbonyl (C=O) groups excluding carboxylic acids is 1. The zero-order chi connectivity index (χ0) is 22.1. The van der Waals surface area contributed by atoms with Crippen molar-refractivity contribution in [1.29, 1.82) is 0 Å². The molecule has 1 spiro atoms. The molecule has 1 amide bonds. The first-order valence-corrected chi connectivity index (χ1v) is 12.1. The average molecular weight is 449 g/mol. The molecule has 0 bridgehead atoms. The van der Waals surface area contributed by atoms with Gasteiger partial charge < -0.3 is 19.4 Å². The molecule has 4 rings (SSSR count). The number of anilines is 1. The second kappa shape index (κ2) is 8.60. The molecule has 1 unspecified atom stereocenters. The Morgan fingerprint density at radius 2 is 2.13 bits per heavy atom. The molecule has 168 valence electrons. The third-order valence-corrected chi connectivity index (χ3v) is 7.94. The zero-order valence-corrected chi connectivity index (χ0v) is 18.6. The van der Waals surface area contributed by atoms with Gasteiger partial charge in [0.15, 0.2) is 6.10 Å². The number of nitrogens with zero attached hydrogens (tertiary/aromatic N) is 3. The zero-order valence-electron chi connectivity index (χ0n) is 17.8. The monoisotopic (exact) mass is 448 g/mol. The number of piperidine rings is 1. The maximum atomic E-state index is 13.0. The molecule has 2 aromatic rings. The van der Waals surface area contributed by atoms with Crippen LogP contribution in [0.25, 0.3) is 0 Å². The fourth-order valence-electron chi connectivity index (χ4n) is 4.31. The molecule has 1 saturated heterocycles. The number of hydrogen-bond donors (Lipinski definition) is 1. The summed E-state index contributed by atoms with van der Waals surface area (Å²) in [4.78, 5) is 17.5. The van der Waals surface area contributed by atoms with Crippen molar-refractivity contribution in [2.24, 2.45) is 0 Å². The highest BCUT2D eigenvalue weighted by Gasteiger charge is 2.48. The third-order valence-electron chi connectivity index (χ3n) is 5.87. The highest BCUT2D eigenvalue weighted by molar-refractivity contribution is 7.89. The lowest BCUT2D eigenvalue weighted by molar-refractivity contribution is -0.166. The number of sulfonamides is 1. The van der Waals surface area contributed by atoms with E-state index in [2.05, 4.69) is 10.3 Å². The van der Waals surface area contributed by atoms with Gasteiger partial charge >= 0.3 is 0 Å². The van der Waals surface area contributed by atoms with Crippen LogP contribution in [0.4, 0.5) is 5.69 Å². The quantitative estimate of drug-likeness (QED) is 0.725. The number of fused-ring (bicyclic) bond motifs is 2. The van der Waals surface area contributed by atoms with Gasteiger partial charge in [-0.2, -0.15) is 0 Å². The Kier molecular flexibility index (Phi) is 6.05. The van der Waals surface area contributed by atoms with E-state index >= 15 is 0 Å². The Morgan fingerprint density at radius 1 is 1.35 bits per heavy atom. The first kappa shape index (κ1) is 21.8. The van der Waals surface area contributed by atoms with Crippen LogP contribution in [-0.2, 0) is 31.7 Å². The number of methoxy groups -OCH3 is 1. The van der Waals surface area contributed by atoms with Crippen molar-refractivity contribution >= 4 is 21.6 Å². The molecule has 9 nitrogen and oxygen atoms in total. The predicted octanol–water partition coefficient (Wildman–Crippen LogP) is 1.96. The smallest absolute Gasteiger partial charge is 0.255 e. The number of rotatable bonds is 6. The summed E-state index contributed by atoms with van der Waals surface area (Å²) in [6.45, 7) is 2.90. The van der Waals surface area contributed by atoms with E-state index in [1.807, 2.05) is 17.7 Å². The summed E-state index contributed by atoms with van der Waals surface area (Å²) in [5.41, 5.74) is -0.157. The molecular formula is C21H28N4O5S. The lowest BCUT2D eigenvalue weighted by Crippen LogP contribution is -2.54. The van der Waals surface area contributed by atoms with Crippen LogP contribution in [-0.4, -0.2) is 60.2 Å². The number of hydrogen-bond acceptors (Lipinski definition) is 6. The molecule has 0 radical (unpaired) electrons. The van der Waals surface area contributed by atoms with Gasteiger partial charge in [-0.05, 0) is 31.4 Å². The minimum Gasteiger partial charge on any atom is -0.497 e. The van der Waals surface area contributed by atoms with E-state index in [0.29, 0.717) is 50.3 Å². The highest BCUT2D eigenvalue weighted by Crippen LogP contribution is 2.40. The van der Waals surface area contributed by atoms with Crippen LogP contribution in [0, 0.1) is 0 Å². The number of imidazole rings is 1. The summed E-state index contributed by atoms with van der Waals surface area (Å²) in [6, 6.07) is 7.15. The van der Waals surface area contributed by atoms with Crippen LogP contribution >= 0.6 is 0 Å². The van der Waals surface area contributed by atoms with Gasteiger partial charge in [0.1, 0.15) is 17.2 Å². The molecular weight excluding hydrogens is 420 g/mol. The van der Waals surface area contributed by atoms with Crippen molar-refractivity contribution in [2.75, 3.05) is 31.3 Å². The van der Waals surface area contributed by atoms with Gasteiger partial charge in [-0.1, -0.05) is 13.0 Å². The molecule has 31 heavy (non-hydrogen) atoms. The number of nitrogens with one attached hydrogen (secondary N) is 1. The molecule has 0 aliphatic carbocycles. The molecule has 10 heteroatoms. The minimum atomic E-state index is -3.27. The summed E-state index contributed by atoms with van der Waals surface area (Å²) in [6.07, 6.45) is 4.31. The summed E-state index contributed by atoms with van der Waals surface area (Å²) < 4.78 is 40.0. The van der Waals surface area contributed by atoms with Crippen LogP contribution in [0.3, 0.4) is 0 Å². The average Bonchev–Trinajstić information content (AvgIpc) is 3.24. The van der Waals surface area contributed by atoms with Gasteiger partial charge in [-0.15, -0.1) is 0 Å². The van der Waals surface area contributed by atoms with E-state index in [9.17, 15) is 13.2 Å². The molecule has 2 aliphatic rings. The van der Waals surface area contributed by atoms with E-state index in [-0.39, 0.29) is 11.7 Å². The largest absolute Gasteiger partial charge is 0.497 e. The predicted molar refractivity (Wildman–Crippen MR) is 115 cm³/mol. The molecule has 1 N–H and O–H groups in total. The molecule has 0 saturated carbocycles. The van der Waals surface area contributed by atoms with Crippen molar-refractivity contribution in [1.82, 2.24) is 13.9 Å². The fourth-order valence-corrected chi connectivity index (χ4v) is 5.82. The van der Waals surface area contributed by atoms with Crippen LogP contribution in [0.5, 0.6) is 5.75 Å². The first-order chi connectivity index (χ1) is 14.9. The molecule has 1 aromatic heterocycles. The molecule has 1 atom stereocenters. The first-order valence-electron chi connectivity index (χ1n) is 10.5. The summed E-state index contributed by atoms with van der Waals surface area (Å²) >= 11 is 0. The Morgan fingerprint density at radius 3 is 2.84 bits per heavy atom. The van der Waals surface area contributed by atoms with Gasteiger partial charge in [-0.3, -0.25) is 4.79 Å². The third kappa shape index (κ3) is 4.32. The number of benzene rings is 1. The van der Waals surface area contributed by atoms with E-state index in [1.165, 1.54) is 4.31 Å². The Labute approximate surface area is 182 Å². The Bertz CT molecular complexity index is 1040. The Balaban J connectivity index is 1.52. The lowest BCUT2D eigenvalue weighted by Gasteiger charge is -2.45. The number of carbonyl (C=O) groups is 1. The van der Waals surface area contributed by atoms with Crippen LogP contribution < -0.4 is 10.1 Å². The van der Waals surface area contributed by atoms with Crippen molar-refractivity contribution in [3.05, 3.63) is 42.5 Å². The van der Waals surface area contributed by atoms with Crippen molar-refractivity contribution in [3.63, 3.8) is 0 Å². The molecule has 3 heterocycles. The lowest BCUT2D eigenvalue weighted by atomic mass is 9.89. The van der Waals surface area contributed by atoms with Crippen LogP contribution in [0.1, 0.15) is 32.0 Å². The molecule has 2 aliphatic heterocycles. The van der Waals surface area contributed by atoms with Gasteiger partial charge in [0.05, 0.1) is 19.4 Å².